The number of carboxylic acid groups (broad SMARTS) is 1. The fraction of sp³-hybridized carbons (Fsp3) is 0.368. The highest BCUT2D eigenvalue weighted by Crippen LogP contribution is 2.24. The fourth-order valence-electron chi connectivity index (χ4n) is 3.14. The van der Waals surface area contributed by atoms with Crippen LogP contribution in [0.1, 0.15) is 28.8 Å². The standard InChI is InChI=1S/C19H22N2O2/c1-21-10-7-14(8-11-21)12-15-6-9-20-18(13-15)16-2-4-17(5-3-16)19(22)23/h2-6,9,13-14H,7-8,10-12H2,1H3,(H,22,23). The van der Waals surface area contributed by atoms with Gasteiger partial charge in [-0.3, -0.25) is 4.98 Å². The van der Waals surface area contributed by atoms with E-state index in [0.717, 1.165) is 23.6 Å². The van der Waals surface area contributed by atoms with E-state index < -0.39 is 5.97 Å². The third-order valence-electron chi connectivity index (χ3n) is 4.61. The van der Waals surface area contributed by atoms with Gasteiger partial charge in [-0.1, -0.05) is 12.1 Å². The summed E-state index contributed by atoms with van der Waals surface area (Å²) >= 11 is 0. The number of pyridine rings is 1. The second-order valence-electron chi connectivity index (χ2n) is 6.38. The van der Waals surface area contributed by atoms with E-state index >= 15 is 0 Å². The van der Waals surface area contributed by atoms with Gasteiger partial charge < -0.3 is 10.0 Å². The molecule has 0 saturated carbocycles. The van der Waals surface area contributed by atoms with Gasteiger partial charge in [0.1, 0.15) is 0 Å². The molecular weight excluding hydrogens is 288 g/mol. The number of hydrogen-bond donors (Lipinski definition) is 1. The van der Waals surface area contributed by atoms with Gasteiger partial charge in [0.15, 0.2) is 0 Å². The molecule has 1 N–H and O–H groups in total. The zero-order valence-electron chi connectivity index (χ0n) is 13.4. The molecule has 0 bridgehead atoms. The van der Waals surface area contributed by atoms with Crippen LogP contribution in [0.3, 0.4) is 0 Å². The van der Waals surface area contributed by atoms with Crippen LogP contribution in [-0.4, -0.2) is 41.1 Å². The molecule has 4 heteroatoms. The number of carboxylic acids is 1. The largest absolute Gasteiger partial charge is 0.478 e. The Balaban J connectivity index is 1.73. The molecule has 1 aliphatic rings. The molecule has 0 radical (unpaired) electrons. The molecule has 1 saturated heterocycles. The number of likely N-dealkylation sites (tertiary alicyclic amines) is 1. The SMILES string of the molecule is CN1CCC(Cc2ccnc(-c3ccc(C(=O)O)cc3)c2)CC1. The Bertz CT molecular complexity index is 674. The Kier molecular flexibility index (Phi) is 4.72. The molecule has 2 heterocycles. The zero-order valence-corrected chi connectivity index (χ0v) is 13.4. The second kappa shape index (κ2) is 6.92. The van der Waals surface area contributed by atoms with E-state index in [1.807, 2.05) is 18.3 Å². The minimum atomic E-state index is -0.902. The Labute approximate surface area is 136 Å². The van der Waals surface area contributed by atoms with Gasteiger partial charge in [0.05, 0.1) is 11.3 Å². The van der Waals surface area contributed by atoms with Gasteiger partial charge >= 0.3 is 5.97 Å². The normalized spacial score (nSPS) is 16.4. The van der Waals surface area contributed by atoms with Gasteiger partial charge in [0.25, 0.3) is 0 Å². The molecule has 0 amide bonds. The van der Waals surface area contributed by atoms with Crippen molar-refractivity contribution in [1.82, 2.24) is 9.88 Å². The van der Waals surface area contributed by atoms with E-state index in [4.69, 9.17) is 5.11 Å². The molecule has 0 aliphatic carbocycles. The maximum Gasteiger partial charge on any atom is 0.335 e. The molecule has 0 atom stereocenters. The lowest BCUT2D eigenvalue weighted by atomic mass is 9.90. The van der Waals surface area contributed by atoms with Crippen LogP contribution in [0.4, 0.5) is 0 Å². The van der Waals surface area contributed by atoms with Gasteiger partial charge in [0.2, 0.25) is 0 Å². The first-order chi connectivity index (χ1) is 11.1. The lowest BCUT2D eigenvalue weighted by Crippen LogP contribution is -2.30. The van der Waals surface area contributed by atoms with Crippen molar-refractivity contribution in [2.75, 3.05) is 20.1 Å². The molecule has 23 heavy (non-hydrogen) atoms. The van der Waals surface area contributed by atoms with Crippen LogP contribution in [0.15, 0.2) is 42.6 Å². The number of aromatic nitrogens is 1. The molecular formula is C19H22N2O2. The maximum atomic E-state index is 10.9. The molecule has 1 aromatic carbocycles. The molecule has 0 unspecified atom stereocenters. The highest BCUT2D eigenvalue weighted by atomic mass is 16.4. The number of hydrogen-bond acceptors (Lipinski definition) is 3. The summed E-state index contributed by atoms with van der Waals surface area (Å²) in [6, 6.07) is 11.1. The molecule has 0 spiro atoms. The van der Waals surface area contributed by atoms with Crippen LogP contribution < -0.4 is 0 Å². The van der Waals surface area contributed by atoms with Crippen LogP contribution >= 0.6 is 0 Å². The summed E-state index contributed by atoms with van der Waals surface area (Å²) in [7, 11) is 2.18. The van der Waals surface area contributed by atoms with Crippen LogP contribution in [0.25, 0.3) is 11.3 Å². The number of carbonyl (C=O) groups is 1. The van der Waals surface area contributed by atoms with E-state index in [-0.39, 0.29) is 0 Å². The molecule has 1 aromatic heterocycles. The van der Waals surface area contributed by atoms with Crippen molar-refractivity contribution >= 4 is 5.97 Å². The van der Waals surface area contributed by atoms with Crippen molar-refractivity contribution < 1.29 is 9.90 Å². The summed E-state index contributed by atoms with van der Waals surface area (Å²) in [5, 5.41) is 8.97. The Morgan fingerprint density at radius 2 is 1.91 bits per heavy atom. The highest BCUT2D eigenvalue weighted by Gasteiger charge is 2.17. The predicted molar refractivity (Wildman–Crippen MR) is 90.6 cm³/mol. The number of aromatic carboxylic acids is 1. The van der Waals surface area contributed by atoms with E-state index in [9.17, 15) is 4.79 Å². The second-order valence-corrected chi connectivity index (χ2v) is 6.38. The zero-order chi connectivity index (χ0) is 16.2. The van der Waals surface area contributed by atoms with Crippen molar-refractivity contribution in [2.24, 2.45) is 5.92 Å². The molecule has 3 rings (SSSR count). The van der Waals surface area contributed by atoms with E-state index in [1.165, 1.54) is 31.5 Å². The van der Waals surface area contributed by atoms with E-state index in [1.54, 1.807) is 12.1 Å². The molecule has 1 aliphatic heterocycles. The van der Waals surface area contributed by atoms with Crippen LogP contribution in [0, 0.1) is 5.92 Å². The first-order valence-corrected chi connectivity index (χ1v) is 8.09. The Morgan fingerprint density at radius 1 is 1.22 bits per heavy atom. The third-order valence-corrected chi connectivity index (χ3v) is 4.61. The summed E-state index contributed by atoms with van der Waals surface area (Å²) in [6.45, 7) is 2.36. The van der Waals surface area contributed by atoms with Crippen LogP contribution in [0.5, 0.6) is 0 Å². The van der Waals surface area contributed by atoms with Gasteiger partial charge in [-0.25, -0.2) is 4.79 Å². The van der Waals surface area contributed by atoms with Gasteiger partial charge in [-0.2, -0.15) is 0 Å². The van der Waals surface area contributed by atoms with Crippen molar-refractivity contribution in [3.8, 4) is 11.3 Å². The van der Waals surface area contributed by atoms with Crippen molar-refractivity contribution in [3.63, 3.8) is 0 Å². The lowest BCUT2D eigenvalue weighted by Gasteiger charge is -2.29. The Morgan fingerprint density at radius 3 is 2.57 bits per heavy atom. The third kappa shape index (κ3) is 3.96. The summed E-state index contributed by atoms with van der Waals surface area (Å²) in [5.41, 5.74) is 3.48. The van der Waals surface area contributed by atoms with Crippen LogP contribution in [0.2, 0.25) is 0 Å². The average Bonchev–Trinajstić information content (AvgIpc) is 2.57. The molecule has 4 nitrogen and oxygen atoms in total. The predicted octanol–water partition coefficient (Wildman–Crippen LogP) is 3.33. The maximum absolute atomic E-state index is 10.9. The summed E-state index contributed by atoms with van der Waals surface area (Å²) in [6.07, 6.45) is 5.45. The number of nitrogens with zero attached hydrogens (tertiary/aromatic N) is 2. The first kappa shape index (κ1) is 15.7. The monoisotopic (exact) mass is 310 g/mol. The molecule has 120 valence electrons. The summed E-state index contributed by atoms with van der Waals surface area (Å²) in [4.78, 5) is 17.7. The minimum Gasteiger partial charge on any atom is -0.478 e. The minimum absolute atomic E-state index is 0.302. The van der Waals surface area contributed by atoms with Crippen molar-refractivity contribution in [2.45, 2.75) is 19.3 Å². The summed E-state index contributed by atoms with van der Waals surface area (Å²) in [5.74, 6) is -0.156. The first-order valence-electron chi connectivity index (χ1n) is 8.09. The molecule has 2 aromatic rings. The lowest BCUT2D eigenvalue weighted by molar-refractivity contribution is 0.0697. The summed E-state index contributed by atoms with van der Waals surface area (Å²) < 4.78 is 0. The Hall–Kier alpha value is -2.20. The number of rotatable bonds is 4. The average molecular weight is 310 g/mol. The smallest absolute Gasteiger partial charge is 0.335 e. The van der Waals surface area contributed by atoms with Gasteiger partial charge in [0, 0.05) is 11.8 Å². The van der Waals surface area contributed by atoms with E-state index in [0.29, 0.717) is 5.56 Å². The van der Waals surface area contributed by atoms with Crippen molar-refractivity contribution in [3.05, 3.63) is 53.7 Å². The quantitative estimate of drug-likeness (QED) is 0.941. The molecule has 1 fully saturated rings. The van der Waals surface area contributed by atoms with Gasteiger partial charge in [-0.15, -0.1) is 0 Å². The number of piperidine rings is 1. The number of benzene rings is 1. The van der Waals surface area contributed by atoms with Crippen molar-refractivity contribution in [1.29, 1.82) is 0 Å². The topological polar surface area (TPSA) is 53.4 Å². The fourth-order valence-corrected chi connectivity index (χ4v) is 3.14. The van der Waals surface area contributed by atoms with E-state index in [2.05, 4.69) is 29.1 Å². The highest BCUT2D eigenvalue weighted by molar-refractivity contribution is 5.88. The van der Waals surface area contributed by atoms with Gasteiger partial charge in [-0.05, 0) is 75.1 Å². The van der Waals surface area contributed by atoms with Crippen LogP contribution in [-0.2, 0) is 6.42 Å².